The summed E-state index contributed by atoms with van der Waals surface area (Å²) in [6, 6.07) is 6.22. The van der Waals surface area contributed by atoms with Gasteiger partial charge < -0.3 is 16.4 Å². The smallest absolute Gasteiger partial charge is 0.253 e. The number of anilines is 2. The van der Waals surface area contributed by atoms with Gasteiger partial charge in [0, 0.05) is 19.6 Å². The van der Waals surface area contributed by atoms with E-state index >= 15 is 0 Å². The van der Waals surface area contributed by atoms with E-state index in [9.17, 15) is 9.59 Å². The molecule has 1 heterocycles. The van der Waals surface area contributed by atoms with Crippen LogP contribution in [0, 0.1) is 0 Å². The van der Waals surface area contributed by atoms with Crippen molar-refractivity contribution in [3.05, 3.63) is 55.3 Å². The summed E-state index contributed by atoms with van der Waals surface area (Å²) in [7, 11) is 0. The first-order valence-corrected chi connectivity index (χ1v) is 6.76. The Bertz CT molecular complexity index is 735. The maximum Gasteiger partial charge on any atom is 0.253 e. The Kier molecular flexibility index (Phi) is 4.34. The molecule has 0 amide bonds. The summed E-state index contributed by atoms with van der Waals surface area (Å²) in [5.41, 5.74) is 14.3. The maximum atomic E-state index is 11.7. The fourth-order valence-electron chi connectivity index (χ4n) is 2.84. The highest BCUT2D eigenvalue weighted by molar-refractivity contribution is 5.85. The molecule has 0 saturated heterocycles. The van der Waals surface area contributed by atoms with Gasteiger partial charge in [0.2, 0.25) is 0 Å². The lowest BCUT2D eigenvalue weighted by molar-refractivity contribution is 0.761. The van der Waals surface area contributed by atoms with Crippen LogP contribution in [-0.2, 0) is 19.5 Å². The van der Waals surface area contributed by atoms with Crippen molar-refractivity contribution in [2.24, 2.45) is 5.73 Å². The molecule has 1 aliphatic rings. The molecule has 0 spiro atoms. The number of rotatable bonds is 2. The Labute approximate surface area is 128 Å². The number of nitrogen functional groups attached to an aromatic ring is 1. The topological polar surface area (TPSA) is 89.4 Å². The highest BCUT2D eigenvalue weighted by Crippen LogP contribution is 2.25. The monoisotopic (exact) mass is 307 g/mol. The molecule has 3 rings (SSSR count). The Morgan fingerprint density at radius 1 is 1.14 bits per heavy atom. The van der Waals surface area contributed by atoms with E-state index < -0.39 is 10.9 Å². The van der Waals surface area contributed by atoms with Gasteiger partial charge in [-0.2, -0.15) is 0 Å². The third-order valence-electron chi connectivity index (χ3n) is 3.98. The number of hydrogen-bond donors (Lipinski definition) is 2. The standard InChI is InChI=1S/C15H17N3O2.ClH/c16-7-9-3-4-10-2-1-5-18(8-11(10)6-9)13-12(17)14(19)15(13)20;/h3-4,6H,1-2,5,7-8,16-17H2;1H. The van der Waals surface area contributed by atoms with Crippen molar-refractivity contribution in [1.29, 1.82) is 0 Å². The molecule has 0 aliphatic carbocycles. The zero-order valence-corrected chi connectivity index (χ0v) is 12.4. The third-order valence-corrected chi connectivity index (χ3v) is 3.98. The Morgan fingerprint density at radius 2 is 1.90 bits per heavy atom. The highest BCUT2D eigenvalue weighted by atomic mass is 35.5. The molecule has 0 atom stereocenters. The Morgan fingerprint density at radius 3 is 2.57 bits per heavy atom. The van der Waals surface area contributed by atoms with Crippen molar-refractivity contribution < 1.29 is 0 Å². The average molecular weight is 308 g/mol. The molecule has 2 aromatic rings. The summed E-state index contributed by atoms with van der Waals surface area (Å²) in [6.07, 6.45) is 1.90. The Balaban J connectivity index is 0.00000161. The van der Waals surface area contributed by atoms with E-state index in [1.54, 1.807) is 0 Å². The number of aryl methyl sites for hydroxylation is 1. The zero-order valence-electron chi connectivity index (χ0n) is 11.6. The van der Waals surface area contributed by atoms with Crippen LogP contribution in [0.25, 0.3) is 0 Å². The molecule has 21 heavy (non-hydrogen) atoms. The molecule has 0 bridgehead atoms. The zero-order chi connectivity index (χ0) is 14.3. The van der Waals surface area contributed by atoms with Crippen LogP contribution < -0.4 is 27.2 Å². The molecular weight excluding hydrogens is 290 g/mol. The SMILES string of the molecule is Cl.NCc1ccc2c(c1)CN(c1c(N)c(=O)c1=O)CCC2. The van der Waals surface area contributed by atoms with Crippen molar-refractivity contribution in [2.75, 3.05) is 17.2 Å². The van der Waals surface area contributed by atoms with Gasteiger partial charge in [0.1, 0.15) is 11.4 Å². The van der Waals surface area contributed by atoms with Gasteiger partial charge in [-0.1, -0.05) is 18.2 Å². The summed E-state index contributed by atoms with van der Waals surface area (Å²) in [5, 5.41) is 0. The molecule has 112 valence electrons. The lowest BCUT2D eigenvalue weighted by atomic mass is 10.0. The van der Waals surface area contributed by atoms with Crippen LogP contribution in [0.1, 0.15) is 23.1 Å². The van der Waals surface area contributed by atoms with E-state index in [0.29, 0.717) is 18.8 Å². The molecule has 4 N–H and O–H groups in total. The Hall–Kier alpha value is -1.85. The second-order valence-electron chi connectivity index (χ2n) is 5.25. The van der Waals surface area contributed by atoms with Gasteiger partial charge >= 0.3 is 0 Å². The molecule has 0 fully saturated rings. The average Bonchev–Trinajstić information content (AvgIpc) is 2.68. The summed E-state index contributed by atoms with van der Waals surface area (Å²) in [6.45, 7) is 1.84. The van der Waals surface area contributed by atoms with Gasteiger partial charge in [-0.15, -0.1) is 12.4 Å². The molecule has 1 aliphatic heterocycles. The second-order valence-corrected chi connectivity index (χ2v) is 5.25. The lowest BCUT2D eigenvalue weighted by Crippen LogP contribution is -2.42. The first kappa shape index (κ1) is 15.5. The summed E-state index contributed by atoms with van der Waals surface area (Å²) in [4.78, 5) is 24.9. The lowest BCUT2D eigenvalue weighted by Gasteiger charge is -2.25. The fourth-order valence-corrected chi connectivity index (χ4v) is 2.84. The summed E-state index contributed by atoms with van der Waals surface area (Å²) >= 11 is 0. The normalized spacial score (nSPS) is 14.4. The van der Waals surface area contributed by atoms with E-state index in [0.717, 1.165) is 30.5 Å². The number of nitrogens with zero attached hydrogens (tertiary/aromatic N) is 1. The van der Waals surface area contributed by atoms with E-state index in [1.165, 1.54) is 5.56 Å². The molecular formula is C15H18ClN3O2. The quantitative estimate of drug-likeness (QED) is 0.797. The number of nitrogens with two attached hydrogens (primary N) is 2. The first-order chi connectivity index (χ1) is 9.61. The first-order valence-electron chi connectivity index (χ1n) is 6.76. The van der Waals surface area contributed by atoms with Crippen LogP contribution in [0.4, 0.5) is 11.4 Å². The molecule has 0 aromatic heterocycles. The minimum Gasteiger partial charge on any atom is -0.394 e. The van der Waals surface area contributed by atoms with Crippen molar-refractivity contribution >= 4 is 23.8 Å². The summed E-state index contributed by atoms with van der Waals surface area (Å²) < 4.78 is 0. The molecule has 2 aromatic carbocycles. The molecule has 0 unspecified atom stereocenters. The molecule has 6 heteroatoms. The highest BCUT2D eigenvalue weighted by Gasteiger charge is 2.25. The molecule has 0 saturated carbocycles. The van der Waals surface area contributed by atoms with Crippen LogP contribution in [0.3, 0.4) is 0 Å². The van der Waals surface area contributed by atoms with Gasteiger partial charge in [-0.3, -0.25) is 9.59 Å². The van der Waals surface area contributed by atoms with Crippen LogP contribution in [0.15, 0.2) is 27.8 Å². The van der Waals surface area contributed by atoms with E-state index in [-0.39, 0.29) is 18.1 Å². The predicted molar refractivity (Wildman–Crippen MR) is 86.7 cm³/mol. The number of benzene rings is 1. The van der Waals surface area contributed by atoms with Crippen molar-refractivity contribution in [2.45, 2.75) is 25.9 Å². The van der Waals surface area contributed by atoms with Crippen LogP contribution >= 0.6 is 12.4 Å². The number of fused-ring (bicyclic) bond motifs is 1. The van der Waals surface area contributed by atoms with Gasteiger partial charge in [0.25, 0.3) is 10.9 Å². The molecule has 5 nitrogen and oxygen atoms in total. The minimum atomic E-state index is -0.555. The van der Waals surface area contributed by atoms with Gasteiger partial charge in [0.15, 0.2) is 0 Å². The van der Waals surface area contributed by atoms with Crippen molar-refractivity contribution in [3.8, 4) is 0 Å². The van der Waals surface area contributed by atoms with Crippen molar-refractivity contribution in [1.82, 2.24) is 0 Å². The summed E-state index contributed by atoms with van der Waals surface area (Å²) in [5.74, 6) is 0. The van der Waals surface area contributed by atoms with Gasteiger partial charge in [-0.05, 0) is 29.5 Å². The largest absolute Gasteiger partial charge is 0.394 e. The fraction of sp³-hybridized carbons (Fsp3) is 0.333. The third kappa shape index (κ3) is 2.54. The van der Waals surface area contributed by atoms with E-state index in [4.69, 9.17) is 11.5 Å². The predicted octanol–water partition coefficient (Wildman–Crippen LogP) is 0.698. The van der Waals surface area contributed by atoms with Gasteiger partial charge in [0.05, 0.1) is 0 Å². The van der Waals surface area contributed by atoms with Crippen LogP contribution in [-0.4, -0.2) is 6.54 Å². The van der Waals surface area contributed by atoms with Gasteiger partial charge in [-0.25, -0.2) is 0 Å². The minimum absolute atomic E-state index is 0. The number of halogens is 1. The van der Waals surface area contributed by atoms with Crippen LogP contribution in [0.5, 0.6) is 0 Å². The van der Waals surface area contributed by atoms with Crippen molar-refractivity contribution in [3.63, 3.8) is 0 Å². The maximum absolute atomic E-state index is 11.7. The number of hydrogen-bond acceptors (Lipinski definition) is 5. The molecule has 0 radical (unpaired) electrons. The van der Waals surface area contributed by atoms with Crippen LogP contribution in [0.2, 0.25) is 0 Å². The van der Waals surface area contributed by atoms with E-state index in [1.807, 2.05) is 11.0 Å². The van der Waals surface area contributed by atoms with E-state index in [2.05, 4.69) is 12.1 Å². The second kappa shape index (κ2) is 5.87.